The van der Waals surface area contributed by atoms with Crippen LogP contribution < -0.4 is 16.2 Å². The molecule has 0 heterocycles. The number of hydrogen-bond acceptors (Lipinski definition) is 3. The fourth-order valence-electron chi connectivity index (χ4n) is 0.991. The zero-order chi connectivity index (χ0) is 10.7. The predicted molar refractivity (Wildman–Crippen MR) is 49.2 cm³/mol. The molecule has 1 aromatic rings. The van der Waals surface area contributed by atoms with E-state index in [9.17, 15) is 9.18 Å². The summed E-state index contributed by atoms with van der Waals surface area (Å²) in [5.41, 5.74) is 10.9. The number of hydrogen-bond donors (Lipinski definition) is 2. The minimum atomic E-state index is -1.04. The number of nitrogens with two attached hydrogens (primary N) is 2. The van der Waals surface area contributed by atoms with Crippen molar-refractivity contribution in [3.8, 4) is 5.75 Å². The lowest BCUT2D eigenvalue weighted by molar-refractivity contribution is 0.208. The average Bonchev–Trinajstić information content (AvgIpc) is 2.07. The standard InChI is InChI=1S/C9H11FN2O2/c1-5(11)6-2-3-8(7(10)4-6)14-9(12)13/h2-5H,11H2,1H3,(H2,12,13). The second-order valence-electron chi connectivity index (χ2n) is 2.90. The van der Waals surface area contributed by atoms with Crippen LogP contribution in [0.4, 0.5) is 9.18 Å². The minimum Gasteiger partial charge on any atom is -0.407 e. The second-order valence-corrected chi connectivity index (χ2v) is 2.90. The second kappa shape index (κ2) is 4.06. The maximum atomic E-state index is 13.2. The Morgan fingerprint density at radius 1 is 1.57 bits per heavy atom. The summed E-state index contributed by atoms with van der Waals surface area (Å²) in [5, 5.41) is 0. The van der Waals surface area contributed by atoms with Crippen molar-refractivity contribution in [2.75, 3.05) is 0 Å². The molecular formula is C9H11FN2O2. The highest BCUT2D eigenvalue weighted by Crippen LogP contribution is 2.20. The Bertz CT molecular complexity index is 353. The van der Waals surface area contributed by atoms with E-state index >= 15 is 0 Å². The lowest BCUT2D eigenvalue weighted by Crippen LogP contribution is -2.17. The first-order valence-electron chi connectivity index (χ1n) is 4.03. The molecule has 0 spiro atoms. The first kappa shape index (κ1) is 10.5. The van der Waals surface area contributed by atoms with Gasteiger partial charge in [0.05, 0.1) is 0 Å². The number of halogens is 1. The lowest BCUT2D eigenvalue weighted by atomic mass is 10.1. The van der Waals surface area contributed by atoms with Gasteiger partial charge in [0.2, 0.25) is 0 Å². The maximum Gasteiger partial charge on any atom is 0.410 e. The van der Waals surface area contributed by atoms with Crippen molar-refractivity contribution < 1.29 is 13.9 Å². The summed E-state index contributed by atoms with van der Waals surface area (Å²) >= 11 is 0. The summed E-state index contributed by atoms with van der Waals surface area (Å²) in [5.74, 6) is -0.847. The fourth-order valence-corrected chi connectivity index (χ4v) is 0.991. The molecule has 4 N–H and O–H groups in total. The Labute approximate surface area is 80.6 Å². The van der Waals surface area contributed by atoms with E-state index in [2.05, 4.69) is 4.74 Å². The van der Waals surface area contributed by atoms with E-state index in [1.54, 1.807) is 13.0 Å². The molecule has 0 aliphatic carbocycles. The number of rotatable bonds is 2. The molecule has 0 bridgehead atoms. The highest BCUT2D eigenvalue weighted by molar-refractivity contribution is 5.68. The van der Waals surface area contributed by atoms with Gasteiger partial charge in [-0.05, 0) is 24.6 Å². The molecule has 4 nitrogen and oxygen atoms in total. The number of amides is 1. The summed E-state index contributed by atoms with van der Waals surface area (Å²) < 4.78 is 17.6. The molecule has 5 heteroatoms. The van der Waals surface area contributed by atoms with Crippen molar-refractivity contribution >= 4 is 6.09 Å². The van der Waals surface area contributed by atoms with Gasteiger partial charge in [-0.3, -0.25) is 0 Å². The summed E-state index contributed by atoms with van der Waals surface area (Å²) in [6.45, 7) is 1.73. The molecule has 14 heavy (non-hydrogen) atoms. The molecule has 1 rings (SSSR count). The van der Waals surface area contributed by atoms with Crippen LogP contribution in [0.3, 0.4) is 0 Å². The van der Waals surface area contributed by atoms with Crippen LogP contribution in [0.2, 0.25) is 0 Å². The molecule has 1 aromatic carbocycles. The number of carbonyl (C=O) groups excluding carboxylic acids is 1. The van der Waals surface area contributed by atoms with Crippen LogP contribution in [0, 0.1) is 5.82 Å². The van der Waals surface area contributed by atoms with Gasteiger partial charge in [-0.15, -0.1) is 0 Å². The molecule has 0 saturated carbocycles. The van der Waals surface area contributed by atoms with Crippen molar-refractivity contribution in [3.63, 3.8) is 0 Å². The molecule has 0 saturated heterocycles. The Balaban J connectivity index is 2.95. The van der Waals surface area contributed by atoms with E-state index in [0.717, 1.165) is 0 Å². The summed E-state index contributed by atoms with van der Waals surface area (Å²) in [4.78, 5) is 10.3. The van der Waals surface area contributed by atoms with Crippen LogP contribution >= 0.6 is 0 Å². The van der Waals surface area contributed by atoms with Crippen LogP contribution in [0.25, 0.3) is 0 Å². The van der Waals surface area contributed by atoms with E-state index in [1.807, 2.05) is 0 Å². The third kappa shape index (κ3) is 2.43. The lowest BCUT2D eigenvalue weighted by Gasteiger charge is -2.07. The van der Waals surface area contributed by atoms with Gasteiger partial charge in [0.25, 0.3) is 0 Å². The van der Waals surface area contributed by atoms with Gasteiger partial charge in [-0.25, -0.2) is 9.18 Å². The van der Waals surface area contributed by atoms with Crippen LogP contribution in [0.5, 0.6) is 5.75 Å². The molecule has 0 fully saturated rings. The quantitative estimate of drug-likeness (QED) is 0.751. The number of primary amides is 1. The number of carbonyl (C=O) groups is 1. The summed E-state index contributed by atoms with van der Waals surface area (Å²) in [6, 6.07) is 3.83. The van der Waals surface area contributed by atoms with Crippen molar-refractivity contribution in [1.82, 2.24) is 0 Å². The maximum absolute atomic E-state index is 13.2. The SMILES string of the molecule is CC(N)c1ccc(OC(N)=O)c(F)c1. The molecular weight excluding hydrogens is 187 g/mol. The normalized spacial score (nSPS) is 12.2. The Kier molecular flexibility index (Phi) is 3.03. The average molecular weight is 198 g/mol. The molecule has 1 atom stereocenters. The molecule has 0 radical (unpaired) electrons. The molecule has 1 unspecified atom stereocenters. The fraction of sp³-hybridized carbons (Fsp3) is 0.222. The first-order valence-corrected chi connectivity index (χ1v) is 4.03. The largest absolute Gasteiger partial charge is 0.410 e. The van der Waals surface area contributed by atoms with Crippen LogP contribution in [0.1, 0.15) is 18.5 Å². The van der Waals surface area contributed by atoms with Gasteiger partial charge in [-0.1, -0.05) is 6.07 Å². The third-order valence-electron chi connectivity index (χ3n) is 1.69. The Morgan fingerprint density at radius 3 is 2.64 bits per heavy atom. The zero-order valence-electron chi connectivity index (χ0n) is 7.66. The monoisotopic (exact) mass is 198 g/mol. The Hall–Kier alpha value is -1.62. The van der Waals surface area contributed by atoms with E-state index in [-0.39, 0.29) is 11.8 Å². The molecule has 76 valence electrons. The Morgan fingerprint density at radius 2 is 2.21 bits per heavy atom. The molecule has 0 aliphatic rings. The van der Waals surface area contributed by atoms with Crippen molar-refractivity contribution in [1.29, 1.82) is 0 Å². The van der Waals surface area contributed by atoms with Crippen LogP contribution in [-0.2, 0) is 0 Å². The van der Waals surface area contributed by atoms with Crippen molar-refractivity contribution in [3.05, 3.63) is 29.6 Å². The van der Waals surface area contributed by atoms with E-state index in [0.29, 0.717) is 5.56 Å². The smallest absolute Gasteiger partial charge is 0.407 e. The van der Waals surface area contributed by atoms with Gasteiger partial charge in [0, 0.05) is 6.04 Å². The highest BCUT2D eigenvalue weighted by atomic mass is 19.1. The van der Waals surface area contributed by atoms with Gasteiger partial charge >= 0.3 is 6.09 Å². The number of ether oxygens (including phenoxy) is 1. The van der Waals surface area contributed by atoms with Gasteiger partial charge in [0.15, 0.2) is 11.6 Å². The van der Waals surface area contributed by atoms with E-state index in [4.69, 9.17) is 11.5 Å². The first-order chi connectivity index (χ1) is 6.50. The van der Waals surface area contributed by atoms with Gasteiger partial charge < -0.3 is 16.2 Å². The van der Waals surface area contributed by atoms with Crippen molar-refractivity contribution in [2.45, 2.75) is 13.0 Å². The highest BCUT2D eigenvalue weighted by Gasteiger charge is 2.08. The number of benzene rings is 1. The molecule has 1 amide bonds. The molecule has 0 aromatic heterocycles. The van der Waals surface area contributed by atoms with Gasteiger partial charge in [-0.2, -0.15) is 0 Å². The van der Waals surface area contributed by atoms with Crippen molar-refractivity contribution in [2.24, 2.45) is 11.5 Å². The van der Waals surface area contributed by atoms with Crippen LogP contribution in [0.15, 0.2) is 18.2 Å². The summed E-state index contributed by atoms with van der Waals surface area (Å²) in [6.07, 6.45) is -1.04. The van der Waals surface area contributed by atoms with E-state index < -0.39 is 11.9 Å². The summed E-state index contributed by atoms with van der Waals surface area (Å²) in [7, 11) is 0. The third-order valence-corrected chi connectivity index (χ3v) is 1.69. The van der Waals surface area contributed by atoms with E-state index in [1.165, 1.54) is 12.1 Å². The molecule has 0 aliphatic heterocycles. The topological polar surface area (TPSA) is 78.3 Å². The minimum absolute atomic E-state index is 0.193. The predicted octanol–water partition coefficient (Wildman–Crippen LogP) is 1.30. The van der Waals surface area contributed by atoms with Gasteiger partial charge in [0.1, 0.15) is 0 Å². The zero-order valence-corrected chi connectivity index (χ0v) is 7.66. The van der Waals surface area contributed by atoms with Crippen LogP contribution in [-0.4, -0.2) is 6.09 Å².